The van der Waals surface area contributed by atoms with Crippen molar-refractivity contribution in [1.29, 1.82) is 0 Å². The van der Waals surface area contributed by atoms with Crippen molar-refractivity contribution in [2.24, 2.45) is 5.73 Å². The van der Waals surface area contributed by atoms with Gasteiger partial charge in [-0.25, -0.2) is 0 Å². The summed E-state index contributed by atoms with van der Waals surface area (Å²) >= 11 is 0. The molecule has 3 rings (SSSR count). The van der Waals surface area contributed by atoms with Crippen LogP contribution in [0.4, 0.5) is 0 Å². The highest BCUT2D eigenvalue weighted by molar-refractivity contribution is 6.32. The molecule has 0 atom stereocenters. The van der Waals surface area contributed by atoms with Crippen LogP contribution in [0.2, 0.25) is 0 Å². The van der Waals surface area contributed by atoms with Gasteiger partial charge < -0.3 is 19.6 Å². The molecule has 0 bridgehead atoms. The van der Waals surface area contributed by atoms with E-state index in [4.69, 9.17) is 27.5 Å². The largest absolute Gasteiger partial charge is 0.484 e. The number of hydrogen-bond acceptors (Lipinski definition) is 4. The number of carbonyl (C=O) groups excluding carboxylic acids is 1. The highest BCUT2D eigenvalue weighted by Crippen LogP contribution is 2.41. The van der Waals surface area contributed by atoms with Gasteiger partial charge in [0.2, 0.25) is 11.7 Å². The average molecular weight is 387 g/mol. The van der Waals surface area contributed by atoms with E-state index in [0.29, 0.717) is 41.3 Å². The maximum absolute atomic E-state index is 11.3. The summed E-state index contributed by atoms with van der Waals surface area (Å²) in [7, 11) is 5.75. The number of furan rings is 1. The number of primary amides is 1. The lowest BCUT2D eigenvalue weighted by Gasteiger charge is -2.15. The second-order valence-corrected chi connectivity index (χ2v) is 6.82. The van der Waals surface area contributed by atoms with Gasteiger partial charge in [0.25, 0.3) is 0 Å². The number of amides is 1. The molecular weight excluding hydrogens is 365 g/mol. The van der Waals surface area contributed by atoms with E-state index in [2.05, 4.69) is 0 Å². The predicted octanol–water partition coefficient (Wildman–Crippen LogP) is 3.65. The Labute approximate surface area is 171 Å². The van der Waals surface area contributed by atoms with E-state index in [1.165, 1.54) is 6.08 Å². The molecule has 146 valence electrons. The quantitative estimate of drug-likeness (QED) is 0.364. The Morgan fingerprint density at radius 1 is 1.14 bits per heavy atom. The van der Waals surface area contributed by atoms with Crippen LogP contribution in [0.25, 0.3) is 17.0 Å². The van der Waals surface area contributed by atoms with Gasteiger partial charge in [0.05, 0.1) is 6.26 Å². The number of allylic oxidation sites excluding steroid dienone is 1. The summed E-state index contributed by atoms with van der Waals surface area (Å²) in [5.74, 6) is 0.405. The Morgan fingerprint density at radius 3 is 2.59 bits per heavy atom. The van der Waals surface area contributed by atoms with E-state index in [1.54, 1.807) is 12.3 Å². The Kier molecular flexibility index (Phi) is 6.44. The molecule has 2 N–H and O–H groups in total. The van der Waals surface area contributed by atoms with Crippen LogP contribution in [0, 0.1) is 0 Å². The topological polar surface area (TPSA) is 74.7 Å². The van der Waals surface area contributed by atoms with Gasteiger partial charge in [-0.1, -0.05) is 35.3 Å². The van der Waals surface area contributed by atoms with Crippen molar-refractivity contribution >= 4 is 36.3 Å². The Hall–Kier alpha value is -3.41. The lowest BCUT2D eigenvalue weighted by atomic mass is 9.95. The molecule has 0 spiro atoms. The van der Waals surface area contributed by atoms with Gasteiger partial charge >= 0.3 is 0 Å². The normalized spacial score (nSPS) is 11.0. The summed E-state index contributed by atoms with van der Waals surface area (Å²) in [5.41, 5.74) is 9.28. The predicted molar refractivity (Wildman–Crippen MR) is 116 cm³/mol. The average Bonchev–Trinajstić information content (AvgIpc) is 3.14. The third-order valence-electron chi connectivity index (χ3n) is 4.19. The van der Waals surface area contributed by atoms with Crippen LogP contribution in [-0.4, -0.2) is 20.4 Å². The van der Waals surface area contributed by atoms with Gasteiger partial charge in [-0.3, -0.25) is 4.79 Å². The van der Waals surface area contributed by atoms with E-state index >= 15 is 0 Å². The van der Waals surface area contributed by atoms with Gasteiger partial charge in [-0.15, -0.1) is 0 Å². The molecule has 6 heteroatoms. The van der Waals surface area contributed by atoms with Crippen LogP contribution in [0.3, 0.4) is 0 Å². The van der Waals surface area contributed by atoms with E-state index in [-0.39, 0.29) is 0 Å². The molecule has 3 aromatic rings. The molecule has 1 heterocycles. The number of ether oxygens (including phenoxy) is 2. The first kappa shape index (κ1) is 20.3. The first-order valence-electron chi connectivity index (χ1n) is 9.19. The molecule has 29 heavy (non-hydrogen) atoms. The van der Waals surface area contributed by atoms with E-state index in [0.717, 1.165) is 16.5 Å². The van der Waals surface area contributed by atoms with Crippen LogP contribution in [0.1, 0.15) is 25.0 Å². The molecule has 2 radical (unpaired) electrons. The van der Waals surface area contributed by atoms with Crippen molar-refractivity contribution in [2.75, 3.05) is 6.61 Å². The molecule has 5 nitrogen and oxygen atoms in total. The van der Waals surface area contributed by atoms with Crippen molar-refractivity contribution in [3.05, 3.63) is 71.5 Å². The molecule has 1 amide bonds. The van der Waals surface area contributed by atoms with Gasteiger partial charge in [0.1, 0.15) is 21.1 Å². The second-order valence-electron chi connectivity index (χ2n) is 6.82. The highest BCUT2D eigenvalue weighted by Gasteiger charge is 2.18. The minimum atomic E-state index is -0.547. The Bertz CT molecular complexity index is 1060. The first-order valence-corrected chi connectivity index (χ1v) is 9.19. The van der Waals surface area contributed by atoms with Crippen LogP contribution in [0.5, 0.6) is 11.5 Å². The van der Waals surface area contributed by atoms with Crippen LogP contribution < -0.4 is 20.7 Å². The summed E-state index contributed by atoms with van der Waals surface area (Å²) in [6.07, 6.45) is 6.45. The third kappa shape index (κ3) is 5.32. The molecule has 2 aromatic carbocycles. The fraction of sp³-hybridized carbons (Fsp3) is 0.174. The summed E-state index contributed by atoms with van der Waals surface area (Å²) in [6.45, 7) is 4.65. The summed E-state index contributed by atoms with van der Waals surface area (Å²) in [4.78, 5) is 11.3. The smallest absolute Gasteiger partial charge is 0.241 e. The van der Waals surface area contributed by atoms with Crippen LogP contribution in [-0.2, 0) is 11.4 Å². The first-order chi connectivity index (χ1) is 13.9. The fourth-order valence-electron chi connectivity index (χ4n) is 2.72. The number of rotatable bonds is 8. The van der Waals surface area contributed by atoms with Crippen LogP contribution >= 0.6 is 0 Å². The molecule has 0 saturated carbocycles. The molecule has 0 aliphatic rings. The SMILES string of the molecule is [B]c1ccc(COc2c(/C=C/C(N)=O)cc3ccoc3c2OCC=C(C)C)cc1. The fourth-order valence-corrected chi connectivity index (χ4v) is 2.72. The summed E-state index contributed by atoms with van der Waals surface area (Å²) in [6, 6.07) is 11.1. The highest BCUT2D eigenvalue weighted by atomic mass is 16.5. The number of benzene rings is 2. The summed E-state index contributed by atoms with van der Waals surface area (Å²) in [5, 5.41) is 0.834. The van der Waals surface area contributed by atoms with Gasteiger partial charge in [-0.05, 0) is 43.7 Å². The lowest BCUT2D eigenvalue weighted by molar-refractivity contribution is -0.113. The maximum Gasteiger partial charge on any atom is 0.241 e. The molecule has 0 saturated heterocycles. The summed E-state index contributed by atoms with van der Waals surface area (Å²) < 4.78 is 17.8. The Balaban J connectivity index is 2.02. The number of nitrogens with two attached hydrogens (primary N) is 1. The molecule has 0 unspecified atom stereocenters. The zero-order valence-electron chi connectivity index (χ0n) is 16.5. The minimum absolute atomic E-state index is 0.295. The van der Waals surface area contributed by atoms with E-state index in [1.807, 2.05) is 56.3 Å². The Morgan fingerprint density at radius 2 is 1.90 bits per heavy atom. The van der Waals surface area contributed by atoms with Crippen molar-refractivity contribution in [2.45, 2.75) is 20.5 Å². The van der Waals surface area contributed by atoms with Crippen molar-refractivity contribution in [1.82, 2.24) is 0 Å². The van der Waals surface area contributed by atoms with Crippen molar-refractivity contribution in [3.8, 4) is 11.5 Å². The van der Waals surface area contributed by atoms with Crippen molar-refractivity contribution < 1.29 is 18.7 Å². The standard InChI is InChI=1S/C23H22BNO4/c1-15(2)9-11-28-23-21-18(10-12-27-21)13-17(5-8-20(25)26)22(23)29-14-16-3-6-19(24)7-4-16/h3-10,12-13H,11,14H2,1-2H3,(H2,25,26)/b8-5+. The lowest BCUT2D eigenvalue weighted by Crippen LogP contribution is -2.06. The van der Waals surface area contributed by atoms with E-state index in [9.17, 15) is 4.79 Å². The molecule has 0 aliphatic carbocycles. The van der Waals surface area contributed by atoms with E-state index < -0.39 is 5.91 Å². The number of hydrogen-bond donors (Lipinski definition) is 1. The molecule has 0 fully saturated rings. The number of fused-ring (bicyclic) bond motifs is 1. The third-order valence-corrected chi connectivity index (χ3v) is 4.19. The van der Waals surface area contributed by atoms with Crippen molar-refractivity contribution in [3.63, 3.8) is 0 Å². The molecular formula is C23H22BNO4. The monoisotopic (exact) mass is 387 g/mol. The zero-order chi connectivity index (χ0) is 20.8. The molecule has 1 aromatic heterocycles. The zero-order valence-corrected chi connectivity index (χ0v) is 16.5. The number of carbonyl (C=O) groups is 1. The second kappa shape index (κ2) is 9.19. The maximum atomic E-state index is 11.3. The van der Waals surface area contributed by atoms with Gasteiger partial charge in [0.15, 0.2) is 11.3 Å². The minimum Gasteiger partial charge on any atom is -0.484 e. The molecule has 0 aliphatic heterocycles. The van der Waals surface area contributed by atoms with Gasteiger partial charge in [0, 0.05) is 17.0 Å². The van der Waals surface area contributed by atoms with Gasteiger partial charge in [-0.2, -0.15) is 0 Å². The van der Waals surface area contributed by atoms with Crippen LogP contribution in [0.15, 0.2) is 64.8 Å².